The summed E-state index contributed by atoms with van der Waals surface area (Å²) in [6, 6.07) is 3.84. The highest BCUT2D eigenvalue weighted by atomic mass is 19.4. The number of benzene rings is 1. The number of hydrogen-bond donors (Lipinski definition) is 1. The average Bonchev–Trinajstić information content (AvgIpc) is 2.24. The lowest BCUT2D eigenvalue weighted by atomic mass is 10.1. The van der Waals surface area contributed by atoms with Crippen LogP contribution in [0.1, 0.15) is 5.69 Å². The number of fused-ring (bicyclic) bond motifs is 1. The molecular weight excluding hydrogens is 292 g/mol. The van der Waals surface area contributed by atoms with E-state index in [1.54, 1.807) is 0 Å². The maximum Gasteiger partial charge on any atom is 0.573 e. The first-order valence-corrected chi connectivity index (χ1v) is 5.03. The third-order valence-electron chi connectivity index (χ3n) is 2.28. The second-order valence-corrected chi connectivity index (χ2v) is 3.73. The highest BCUT2D eigenvalue weighted by molar-refractivity contribution is 5.86. The number of nitrogens with zero attached hydrogens (tertiary/aromatic N) is 1. The van der Waals surface area contributed by atoms with Gasteiger partial charge in [0.25, 0.3) is 0 Å². The van der Waals surface area contributed by atoms with Crippen LogP contribution in [0.25, 0.3) is 10.9 Å². The lowest BCUT2D eigenvalue weighted by molar-refractivity contribution is -0.274. The van der Waals surface area contributed by atoms with E-state index in [-0.39, 0.29) is 5.39 Å². The van der Waals surface area contributed by atoms with Crippen LogP contribution in [-0.2, 0) is 6.18 Å². The Morgan fingerprint density at radius 1 is 1.05 bits per heavy atom. The molecule has 1 heterocycles. The second kappa shape index (κ2) is 4.43. The number of aromatic hydroxyl groups is 1. The summed E-state index contributed by atoms with van der Waals surface area (Å²) in [5.74, 6) is -2.05. The molecule has 2 aromatic rings. The Kier molecular flexibility index (Phi) is 3.15. The fourth-order valence-electron chi connectivity index (χ4n) is 1.58. The van der Waals surface area contributed by atoms with E-state index in [1.165, 1.54) is 6.07 Å². The fourth-order valence-corrected chi connectivity index (χ4v) is 1.58. The molecule has 20 heavy (non-hydrogen) atoms. The normalized spacial score (nSPS) is 12.7. The van der Waals surface area contributed by atoms with Crippen LogP contribution in [0.4, 0.5) is 26.3 Å². The summed E-state index contributed by atoms with van der Waals surface area (Å²) in [6.07, 6.45) is -10.1. The van der Waals surface area contributed by atoms with E-state index in [0.29, 0.717) is 6.07 Å². The van der Waals surface area contributed by atoms with Crippen molar-refractivity contribution in [3.8, 4) is 11.5 Å². The van der Waals surface area contributed by atoms with Gasteiger partial charge in [0.1, 0.15) is 11.3 Å². The zero-order chi connectivity index (χ0) is 15.1. The maximum atomic E-state index is 12.6. The summed E-state index contributed by atoms with van der Waals surface area (Å²) < 4.78 is 77.8. The van der Waals surface area contributed by atoms with Crippen LogP contribution in [-0.4, -0.2) is 16.5 Å². The standard InChI is InChI=1S/C11H5F6NO2/c12-10(13,14)9-6(19)4-5-2-1-3-7(8(5)18-9)20-11(15,16)17/h1-4,19H. The number of alkyl halides is 6. The molecule has 0 aliphatic heterocycles. The number of halogens is 6. The first-order valence-electron chi connectivity index (χ1n) is 5.03. The van der Waals surface area contributed by atoms with Gasteiger partial charge in [-0.3, -0.25) is 0 Å². The summed E-state index contributed by atoms with van der Waals surface area (Å²) in [5.41, 5.74) is -2.32. The zero-order valence-corrected chi connectivity index (χ0v) is 9.38. The summed E-state index contributed by atoms with van der Waals surface area (Å²) in [6.45, 7) is 0. The fraction of sp³-hybridized carbons (Fsp3) is 0.182. The van der Waals surface area contributed by atoms with E-state index in [2.05, 4.69) is 9.72 Å². The van der Waals surface area contributed by atoms with Crippen molar-refractivity contribution in [1.29, 1.82) is 0 Å². The van der Waals surface area contributed by atoms with E-state index < -0.39 is 35.2 Å². The molecule has 0 spiro atoms. The van der Waals surface area contributed by atoms with E-state index in [4.69, 9.17) is 0 Å². The molecule has 1 aromatic heterocycles. The Morgan fingerprint density at radius 2 is 1.70 bits per heavy atom. The first kappa shape index (κ1) is 14.2. The predicted molar refractivity (Wildman–Crippen MR) is 55.1 cm³/mol. The summed E-state index contributed by atoms with van der Waals surface area (Å²) in [4.78, 5) is 3.03. The average molecular weight is 297 g/mol. The van der Waals surface area contributed by atoms with Crippen LogP contribution in [0.2, 0.25) is 0 Å². The minimum absolute atomic E-state index is 0.114. The van der Waals surface area contributed by atoms with Crippen LogP contribution in [0.3, 0.4) is 0 Å². The largest absolute Gasteiger partial charge is 0.573 e. The summed E-state index contributed by atoms with van der Waals surface area (Å²) in [7, 11) is 0. The lowest BCUT2D eigenvalue weighted by Crippen LogP contribution is -2.17. The smallest absolute Gasteiger partial charge is 0.506 e. The number of pyridine rings is 1. The van der Waals surface area contributed by atoms with E-state index in [9.17, 15) is 31.4 Å². The molecule has 0 atom stereocenters. The molecular formula is C11H5F6NO2. The summed E-state index contributed by atoms with van der Waals surface area (Å²) in [5, 5.41) is 9.11. The lowest BCUT2D eigenvalue weighted by Gasteiger charge is -2.13. The van der Waals surface area contributed by atoms with Crippen molar-refractivity contribution < 1.29 is 36.2 Å². The molecule has 9 heteroatoms. The number of aromatic nitrogens is 1. The molecule has 108 valence electrons. The van der Waals surface area contributed by atoms with Gasteiger partial charge in [0.05, 0.1) is 0 Å². The first-order chi connectivity index (χ1) is 9.08. The van der Waals surface area contributed by atoms with Crippen LogP contribution in [0.15, 0.2) is 24.3 Å². The molecule has 0 saturated carbocycles. The molecule has 0 saturated heterocycles. The third kappa shape index (κ3) is 2.86. The Bertz CT molecular complexity index is 650. The Labute approximate surface area is 107 Å². The van der Waals surface area contributed by atoms with Gasteiger partial charge in [-0.1, -0.05) is 12.1 Å². The van der Waals surface area contributed by atoms with E-state index in [1.807, 2.05) is 0 Å². The Hall–Kier alpha value is -2.19. The molecule has 0 amide bonds. The van der Waals surface area contributed by atoms with Crippen molar-refractivity contribution in [2.45, 2.75) is 12.5 Å². The summed E-state index contributed by atoms with van der Waals surface area (Å²) >= 11 is 0. The minimum Gasteiger partial charge on any atom is -0.506 e. The molecule has 0 bridgehead atoms. The van der Waals surface area contributed by atoms with Gasteiger partial charge in [0.2, 0.25) is 0 Å². The van der Waals surface area contributed by atoms with Crippen LogP contribution < -0.4 is 4.74 Å². The van der Waals surface area contributed by atoms with Crippen LogP contribution >= 0.6 is 0 Å². The van der Waals surface area contributed by atoms with Gasteiger partial charge in [-0.15, -0.1) is 13.2 Å². The van der Waals surface area contributed by atoms with Gasteiger partial charge < -0.3 is 9.84 Å². The highest BCUT2D eigenvalue weighted by Crippen LogP contribution is 2.38. The molecule has 1 aromatic carbocycles. The van der Waals surface area contributed by atoms with Crippen molar-refractivity contribution in [3.63, 3.8) is 0 Å². The van der Waals surface area contributed by atoms with Crippen molar-refractivity contribution >= 4 is 10.9 Å². The molecule has 0 unspecified atom stereocenters. The van der Waals surface area contributed by atoms with E-state index in [0.717, 1.165) is 12.1 Å². The number of rotatable bonds is 1. The topological polar surface area (TPSA) is 42.4 Å². The van der Waals surface area contributed by atoms with Crippen molar-refractivity contribution in [3.05, 3.63) is 30.0 Å². The molecule has 2 rings (SSSR count). The predicted octanol–water partition coefficient (Wildman–Crippen LogP) is 3.86. The monoisotopic (exact) mass is 297 g/mol. The van der Waals surface area contributed by atoms with Crippen molar-refractivity contribution in [2.24, 2.45) is 0 Å². The maximum absolute atomic E-state index is 12.6. The van der Waals surface area contributed by atoms with E-state index >= 15 is 0 Å². The molecule has 1 N–H and O–H groups in total. The molecule has 0 aliphatic rings. The number of hydrogen-bond acceptors (Lipinski definition) is 3. The van der Waals surface area contributed by atoms with Crippen LogP contribution in [0, 0.1) is 0 Å². The highest BCUT2D eigenvalue weighted by Gasteiger charge is 2.37. The quantitative estimate of drug-likeness (QED) is 0.813. The van der Waals surface area contributed by atoms with Crippen LogP contribution in [0.5, 0.6) is 11.5 Å². The van der Waals surface area contributed by atoms with Gasteiger partial charge in [0.15, 0.2) is 11.4 Å². The number of ether oxygens (including phenoxy) is 1. The Morgan fingerprint density at radius 3 is 2.25 bits per heavy atom. The SMILES string of the molecule is Oc1cc2cccc(OC(F)(F)F)c2nc1C(F)(F)F. The molecule has 0 fully saturated rings. The minimum atomic E-state index is -5.06. The number of para-hydroxylation sites is 1. The van der Waals surface area contributed by atoms with Gasteiger partial charge in [-0.05, 0) is 12.1 Å². The van der Waals surface area contributed by atoms with Gasteiger partial charge in [-0.25, -0.2) is 4.98 Å². The van der Waals surface area contributed by atoms with Crippen molar-refractivity contribution in [1.82, 2.24) is 4.98 Å². The molecule has 3 nitrogen and oxygen atoms in total. The Balaban J connectivity index is 2.67. The van der Waals surface area contributed by atoms with Gasteiger partial charge >= 0.3 is 12.5 Å². The molecule has 0 aliphatic carbocycles. The van der Waals surface area contributed by atoms with Crippen molar-refractivity contribution in [2.75, 3.05) is 0 Å². The third-order valence-corrected chi connectivity index (χ3v) is 2.28. The van der Waals surface area contributed by atoms with Gasteiger partial charge in [-0.2, -0.15) is 13.2 Å². The second-order valence-electron chi connectivity index (χ2n) is 3.73. The zero-order valence-electron chi connectivity index (χ0n) is 9.38. The molecule has 0 radical (unpaired) electrons. The van der Waals surface area contributed by atoms with Gasteiger partial charge in [0, 0.05) is 5.39 Å².